The molecule has 2 N–H and O–H groups in total. The lowest BCUT2D eigenvalue weighted by atomic mass is 10.2. The first-order valence-corrected chi connectivity index (χ1v) is 9.98. The van der Waals surface area contributed by atoms with Crippen LogP contribution in [0.3, 0.4) is 0 Å². The van der Waals surface area contributed by atoms with Gasteiger partial charge in [0.25, 0.3) is 10.0 Å². The highest BCUT2D eigenvalue weighted by Crippen LogP contribution is 2.19. The van der Waals surface area contributed by atoms with Crippen molar-refractivity contribution in [1.29, 1.82) is 0 Å². The molecule has 0 atom stereocenters. The number of carbonyl (C=O) groups excluding carboxylic acids is 1. The molecule has 0 bridgehead atoms. The SMILES string of the molecule is COc1ccccc1/C=C/C(=O)Nc1ccc(S(=O)(=O)Nc2ncccn2)cc1. The summed E-state index contributed by atoms with van der Waals surface area (Å²) in [5.74, 6) is 0.273. The second-order valence-electron chi connectivity index (χ2n) is 5.77. The highest BCUT2D eigenvalue weighted by Gasteiger charge is 2.15. The van der Waals surface area contributed by atoms with E-state index in [1.54, 1.807) is 25.3 Å². The molecule has 0 fully saturated rings. The molecule has 0 aliphatic heterocycles. The molecular formula is C20H18N4O4S. The Morgan fingerprint density at radius 2 is 1.69 bits per heavy atom. The minimum Gasteiger partial charge on any atom is -0.496 e. The topological polar surface area (TPSA) is 110 Å². The summed E-state index contributed by atoms with van der Waals surface area (Å²) in [5, 5.41) is 2.67. The third-order valence-electron chi connectivity index (χ3n) is 3.78. The number of nitrogens with zero attached hydrogens (tertiary/aromatic N) is 2. The predicted octanol–water partition coefficient (Wildman–Crippen LogP) is 2.94. The molecule has 0 aliphatic rings. The average Bonchev–Trinajstić information content (AvgIpc) is 2.73. The quantitative estimate of drug-likeness (QED) is 0.580. The number of aromatic nitrogens is 2. The second kappa shape index (κ2) is 8.98. The molecular weight excluding hydrogens is 392 g/mol. The van der Waals surface area contributed by atoms with Crippen LogP contribution in [-0.2, 0) is 14.8 Å². The van der Waals surface area contributed by atoms with Crippen LogP contribution in [0.5, 0.6) is 5.75 Å². The maximum Gasteiger partial charge on any atom is 0.264 e. The molecule has 2 aromatic carbocycles. The summed E-state index contributed by atoms with van der Waals surface area (Å²) in [6.07, 6.45) is 5.87. The van der Waals surface area contributed by atoms with E-state index in [1.165, 1.54) is 42.7 Å². The Kier molecular flexibility index (Phi) is 6.20. The highest BCUT2D eigenvalue weighted by atomic mass is 32.2. The predicted molar refractivity (Wildman–Crippen MR) is 110 cm³/mol. The number of hydrogen-bond donors (Lipinski definition) is 2. The first-order valence-electron chi connectivity index (χ1n) is 8.50. The van der Waals surface area contributed by atoms with Crippen LogP contribution in [0.4, 0.5) is 11.6 Å². The lowest BCUT2D eigenvalue weighted by Gasteiger charge is -2.07. The van der Waals surface area contributed by atoms with Gasteiger partial charge in [-0.2, -0.15) is 0 Å². The van der Waals surface area contributed by atoms with Gasteiger partial charge in [-0.25, -0.2) is 23.1 Å². The van der Waals surface area contributed by atoms with Crippen molar-refractivity contribution in [3.8, 4) is 5.75 Å². The Morgan fingerprint density at radius 1 is 1.00 bits per heavy atom. The van der Waals surface area contributed by atoms with Gasteiger partial charge in [-0.1, -0.05) is 18.2 Å². The largest absolute Gasteiger partial charge is 0.496 e. The lowest BCUT2D eigenvalue weighted by Crippen LogP contribution is -2.15. The van der Waals surface area contributed by atoms with Crippen molar-refractivity contribution in [2.75, 3.05) is 17.1 Å². The van der Waals surface area contributed by atoms with Crippen LogP contribution in [0.2, 0.25) is 0 Å². The monoisotopic (exact) mass is 410 g/mol. The third-order valence-corrected chi connectivity index (χ3v) is 5.12. The zero-order valence-electron chi connectivity index (χ0n) is 15.4. The maximum atomic E-state index is 12.4. The van der Waals surface area contributed by atoms with Gasteiger partial charge in [0.1, 0.15) is 5.75 Å². The Labute approximate surface area is 168 Å². The highest BCUT2D eigenvalue weighted by molar-refractivity contribution is 7.92. The number of nitrogens with one attached hydrogen (secondary N) is 2. The number of amides is 1. The van der Waals surface area contributed by atoms with Gasteiger partial charge >= 0.3 is 0 Å². The van der Waals surface area contributed by atoms with Gasteiger partial charge in [0, 0.05) is 29.7 Å². The van der Waals surface area contributed by atoms with E-state index in [4.69, 9.17) is 4.74 Å². The van der Waals surface area contributed by atoms with E-state index in [9.17, 15) is 13.2 Å². The summed E-state index contributed by atoms with van der Waals surface area (Å²) in [6.45, 7) is 0. The molecule has 3 aromatic rings. The van der Waals surface area contributed by atoms with Crippen LogP contribution < -0.4 is 14.8 Å². The summed E-state index contributed by atoms with van der Waals surface area (Å²) < 4.78 is 32.2. The van der Waals surface area contributed by atoms with Crippen molar-refractivity contribution in [2.24, 2.45) is 0 Å². The number of para-hydroxylation sites is 1. The maximum absolute atomic E-state index is 12.4. The van der Waals surface area contributed by atoms with Crippen LogP contribution in [-0.4, -0.2) is 31.4 Å². The first-order chi connectivity index (χ1) is 14.0. The Hall–Kier alpha value is -3.72. The fourth-order valence-electron chi connectivity index (χ4n) is 2.40. The van der Waals surface area contributed by atoms with E-state index in [-0.39, 0.29) is 16.8 Å². The number of methoxy groups -OCH3 is 1. The van der Waals surface area contributed by atoms with Crippen molar-refractivity contribution in [1.82, 2.24) is 9.97 Å². The number of benzene rings is 2. The zero-order chi connectivity index (χ0) is 20.7. The molecule has 0 spiro atoms. The lowest BCUT2D eigenvalue weighted by molar-refractivity contribution is -0.111. The number of rotatable bonds is 7. The molecule has 1 amide bonds. The Bertz CT molecular complexity index is 1110. The van der Waals surface area contributed by atoms with Crippen molar-refractivity contribution in [2.45, 2.75) is 4.90 Å². The van der Waals surface area contributed by atoms with Crippen molar-refractivity contribution in [3.63, 3.8) is 0 Å². The van der Waals surface area contributed by atoms with E-state index >= 15 is 0 Å². The molecule has 9 heteroatoms. The van der Waals surface area contributed by atoms with Crippen LogP contribution in [0.15, 0.2) is 78.0 Å². The van der Waals surface area contributed by atoms with E-state index in [2.05, 4.69) is 20.0 Å². The van der Waals surface area contributed by atoms with Crippen LogP contribution >= 0.6 is 0 Å². The van der Waals surface area contributed by atoms with Crippen LogP contribution in [0, 0.1) is 0 Å². The van der Waals surface area contributed by atoms with E-state index in [0.717, 1.165) is 5.56 Å². The average molecular weight is 410 g/mol. The first kappa shape index (κ1) is 20.0. The zero-order valence-corrected chi connectivity index (χ0v) is 16.3. The molecule has 0 radical (unpaired) electrons. The summed E-state index contributed by atoms with van der Waals surface area (Å²) in [7, 11) is -2.27. The van der Waals surface area contributed by atoms with E-state index < -0.39 is 10.0 Å². The summed E-state index contributed by atoms with van der Waals surface area (Å²) in [6, 6.07) is 14.6. The Morgan fingerprint density at radius 3 is 2.38 bits per heavy atom. The van der Waals surface area contributed by atoms with Gasteiger partial charge in [-0.05, 0) is 42.5 Å². The summed E-state index contributed by atoms with van der Waals surface area (Å²) in [4.78, 5) is 19.8. The van der Waals surface area contributed by atoms with Gasteiger partial charge in [-0.3, -0.25) is 4.79 Å². The molecule has 3 rings (SSSR count). The number of ether oxygens (including phenoxy) is 1. The van der Waals surface area contributed by atoms with Crippen molar-refractivity contribution >= 4 is 33.6 Å². The van der Waals surface area contributed by atoms with Gasteiger partial charge in [0.2, 0.25) is 11.9 Å². The smallest absolute Gasteiger partial charge is 0.264 e. The minimum absolute atomic E-state index is 0.0208. The molecule has 8 nitrogen and oxygen atoms in total. The second-order valence-corrected chi connectivity index (χ2v) is 7.45. The fourth-order valence-corrected chi connectivity index (χ4v) is 3.36. The summed E-state index contributed by atoms with van der Waals surface area (Å²) >= 11 is 0. The number of anilines is 2. The molecule has 0 unspecified atom stereocenters. The third kappa shape index (κ3) is 5.39. The normalized spacial score (nSPS) is 11.2. The van der Waals surface area contributed by atoms with Crippen molar-refractivity contribution < 1.29 is 17.9 Å². The van der Waals surface area contributed by atoms with Crippen molar-refractivity contribution in [3.05, 3.63) is 78.6 Å². The standard InChI is InChI=1S/C20H18N4O4S/c1-28-18-6-3-2-5-15(18)7-12-19(25)23-16-8-10-17(11-9-16)29(26,27)24-20-21-13-4-14-22-20/h2-14H,1H3,(H,23,25)(H,21,22,24)/b12-7+. The number of sulfonamides is 1. The van der Waals surface area contributed by atoms with Gasteiger partial charge in [0.15, 0.2) is 0 Å². The summed E-state index contributed by atoms with van der Waals surface area (Å²) in [5.41, 5.74) is 1.22. The van der Waals surface area contributed by atoms with E-state index in [0.29, 0.717) is 11.4 Å². The molecule has 0 saturated carbocycles. The molecule has 1 aromatic heterocycles. The molecule has 1 heterocycles. The minimum atomic E-state index is -3.83. The Balaban J connectivity index is 1.65. The van der Waals surface area contributed by atoms with Crippen LogP contribution in [0.25, 0.3) is 6.08 Å². The molecule has 0 saturated heterocycles. The van der Waals surface area contributed by atoms with Gasteiger partial charge in [-0.15, -0.1) is 0 Å². The van der Waals surface area contributed by atoms with Gasteiger partial charge < -0.3 is 10.1 Å². The molecule has 148 valence electrons. The molecule has 0 aliphatic carbocycles. The van der Waals surface area contributed by atoms with Gasteiger partial charge in [0.05, 0.1) is 12.0 Å². The fraction of sp³-hybridized carbons (Fsp3) is 0.0500. The molecule has 29 heavy (non-hydrogen) atoms. The number of hydrogen-bond acceptors (Lipinski definition) is 6. The number of carbonyl (C=O) groups is 1. The van der Waals surface area contributed by atoms with Crippen LogP contribution in [0.1, 0.15) is 5.56 Å². The van der Waals surface area contributed by atoms with E-state index in [1.807, 2.05) is 18.2 Å².